The highest BCUT2D eigenvalue weighted by molar-refractivity contribution is 5.10. The molecule has 2 heterocycles. The quantitative estimate of drug-likeness (QED) is 0.628. The van der Waals surface area contributed by atoms with Crippen LogP contribution in [0.1, 0.15) is 51.9 Å². The van der Waals surface area contributed by atoms with Gasteiger partial charge in [0.05, 0.1) is 6.61 Å². The number of hydrogen-bond acceptors (Lipinski definition) is 3. The summed E-state index contributed by atoms with van der Waals surface area (Å²) in [5.74, 6) is 3.48. The highest BCUT2D eigenvalue weighted by Crippen LogP contribution is 2.64. The summed E-state index contributed by atoms with van der Waals surface area (Å²) in [6, 6.07) is 0. The number of hydrogen-bond donors (Lipinski definition) is 0. The topological polar surface area (TPSA) is 27.7 Å². The second kappa shape index (κ2) is 3.55. The van der Waals surface area contributed by atoms with Crippen LogP contribution in [0.25, 0.3) is 0 Å². The molecule has 6 fully saturated rings. The molecule has 0 aromatic carbocycles. The number of rotatable bonds is 0. The summed E-state index contributed by atoms with van der Waals surface area (Å²) in [6.45, 7) is 3.18. The zero-order valence-electron chi connectivity index (χ0n) is 11.8. The van der Waals surface area contributed by atoms with Gasteiger partial charge in [-0.1, -0.05) is 6.92 Å². The third kappa shape index (κ3) is 1.39. The van der Waals surface area contributed by atoms with Gasteiger partial charge in [0, 0.05) is 5.41 Å². The van der Waals surface area contributed by atoms with Crippen molar-refractivity contribution in [2.75, 3.05) is 6.61 Å². The van der Waals surface area contributed by atoms with Gasteiger partial charge in [0.2, 0.25) is 0 Å². The maximum absolute atomic E-state index is 6.10. The van der Waals surface area contributed by atoms with Crippen LogP contribution in [0.2, 0.25) is 0 Å². The Kier molecular flexibility index (Phi) is 2.15. The van der Waals surface area contributed by atoms with Gasteiger partial charge in [-0.25, -0.2) is 9.78 Å². The first-order valence-electron chi connectivity index (χ1n) is 8.14. The van der Waals surface area contributed by atoms with Crippen molar-refractivity contribution in [2.24, 2.45) is 29.1 Å². The molecule has 0 N–H and O–H groups in total. The maximum Gasteiger partial charge on any atom is 0.196 e. The van der Waals surface area contributed by atoms with E-state index in [1.165, 1.54) is 38.5 Å². The van der Waals surface area contributed by atoms with Crippen molar-refractivity contribution in [3.63, 3.8) is 0 Å². The molecule has 3 nitrogen and oxygen atoms in total. The first-order chi connectivity index (χ1) is 9.18. The van der Waals surface area contributed by atoms with Gasteiger partial charge in [0.1, 0.15) is 5.60 Å². The molecule has 1 spiro atoms. The predicted octanol–water partition coefficient (Wildman–Crippen LogP) is 3.29. The molecule has 6 aliphatic rings. The van der Waals surface area contributed by atoms with Crippen LogP contribution >= 0.6 is 0 Å². The molecular weight excluding hydrogens is 240 g/mol. The van der Waals surface area contributed by atoms with E-state index in [1.54, 1.807) is 0 Å². The fraction of sp³-hybridized carbons (Fsp3) is 1.00. The zero-order chi connectivity index (χ0) is 12.7. The Bertz CT molecular complexity index is 379. The van der Waals surface area contributed by atoms with E-state index in [1.807, 2.05) is 0 Å². The molecule has 106 valence electrons. The first-order valence-corrected chi connectivity index (χ1v) is 8.14. The minimum atomic E-state index is -0.115. The SMILES string of the molecule is C[C@@]12CCO[C@@H]1OOC1(C2)C2CC3CC(C2)CC1C3. The molecule has 0 radical (unpaired) electrons. The molecule has 2 saturated heterocycles. The van der Waals surface area contributed by atoms with E-state index in [2.05, 4.69) is 6.92 Å². The Balaban J connectivity index is 1.51. The van der Waals surface area contributed by atoms with Crippen LogP contribution in [0.5, 0.6) is 0 Å². The van der Waals surface area contributed by atoms with Crippen molar-refractivity contribution < 1.29 is 14.5 Å². The molecule has 4 aliphatic carbocycles. The standard InChI is InChI=1S/C16H24O3/c1-15-2-3-17-14(15)18-19-16(9-15)12-5-10-4-11(7-12)8-13(16)6-10/h10-14H,2-9H2,1H3/t10?,11?,12?,13?,14-,15+,16?/m1/s1. The van der Waals surface area contributed by atoms with Crippen LogP contribution in [-0.4, -0.2) is 18.5 Å². The van der Waals surface area contributed by atoms with Crippen LogP contribution in [0.15, 0.2) is 0 Å². The van der Waals surface area contributed by atoms with E-state index in [4.69, 9.17) is 14.5 Å². The smallest absolute Gasteiger partial charge is 0.196 e. The lowest BCUT2D eigenvalue weighted by molar-refractivity contribution is -0.491. The van der Waals surface area contributed by atoms with Crippen LogP contribution in [-0.2, 0) is 14.5 Å². The lowest BCUT2D eigenvalue weighted by atomic mass is 9.47. The Morgan fingerprint density at radius 3 is 2.32 bits per heavy atom. The average molecular weight is 264 g/mol. The lowest BCUT2D eigenvalue weighted by Crippen LogP contribution is -2.63. The van der Waals surface area contributed by atoms with Gasteiger partial charge in [0.25, 0.3) is 0 Å². The van der Waals surface area contributed by atoms with Gasteiger partial charge in [-0.3, -0.25) is 0 Å². The Hall–Kier alpha value is -0.120. The fourth-order valence-electron chi connectivity index (χ4n) is 6.23. The zero-order valence-corrected chi connectivity index (χ0v) is 11.8. The summed E-state index contributed by atoms with van der Waals surface area (Å²) in [5, 5.41) is 0. The summed E-state index contributed by atoms with van der Waals surface area (Å²) in [4.78, 5) is 11.9. The maximum atomic E-state index is 6.10. The summed E-state index contributed by atoms with van der Waals surface area (Å²) >= 11 is 0. The van der Waals surface area contributed by atoms with Gasteiger partial charge in [-0.05, 0) is 68.6 Å². The van der Waals surface area contributed by atoms with Gasteiger partial charge in [-0.15, -0.1) is 0 Å². The molecule has 0 unspecified atom stereocenters. The molecule has 2 aliphatic heterocycles. The van der Waals surface area contributed by atoms with E-state index in [0.717, 1.165) is 36.7 Å². The van der Waals surface area contributed by atoms with Crippen molar-refractivity contribution >= 4 is 0 Å². The number of fused-ring (bicyclic) bond motifs is 1. The van der Waals surface area contributed by atoms with Crippen molar-refractivity contribution in [2.45, 2.75) is 63.8 Å². The molecule has 4 bridgehead atoms. The van der Waals surface area contributed by atoms with E-state index in [9.17, 15) is 0 Å². The molecule has 4 saturated carbocycles. The first kappa shape index (κ1) is 11.5. The Labute approximate surface area is 114 Å². The normalized spacial score (nSPS) is 62.7. The minimum absolute atomic E-state index is 0.0341. The second-order valence-electron chi connectivity index (χ2n) is 8.22. The molecule has 3 heteroatoms. The van der Waals surface area contributed by atoms with Crippen molar-refractivity contribution in [3.8, 4) is 0 Å². The van der Waals surface area contributed by atoms with E-state index in [-0.39, 0.29) is 17.3 Å². The van der Waals surface area contributed by atoms with E-state index in [0.29, 0.717) is 0 Å². The van der Waals surface area contributed by atoms with Gasteiger partial charge in [0.15, 0.2) is 6.29 Å². The van der Waals surface area contributed by atoms with E-state index >= 15 is 0 Å². The van der Waals surface area contributed by atoms with E-state index < -0.39 is 0 Å². The van der Waals surface area contributed by atoms with Gasteiger partial charge in [-0.2, -0.15) is 0 Å². The largest absolute Gasteiger partial charge is 0.349 e. The van der Waals surface area contributed by atoms with Gasteiger partial charge >= 0.3 is 0 Å². The monoisotopic (exact) mass is 264 g/mol. The van der Waals surface area contributed by atoms with Crippen molar-refractivity contribution in [1.82, 2.24) is 0 Å². The summed E-state index contributed by atoms with van der Waals surface area (Å²) in [5.41, 5.74) is 0.222. The van der Waals surface area contributed by atoms with Crippen LogP contribution in [0.4, 0.5) is 0 Å². The highest BCUT2D eigenvalue weighted by Gasteiger charge is 2.64. The highest BCUT2D eigenvalue weighted by atomic mass is 17.2. The molecule has 0 aromatic heterocycles. The molecule has 0 amide bonds. The molecule has 19 heavy (non-hydrogen) atoms. The molecule has 6 rings (SSSR count). The number of ether oxygens (including phenoxy) is 1. The Morgan fingerprint density at radius 1 is 0.947 bits per heavy atom. The van der Waals surface area contributed by atoms with Crippen LogP contribution < -0.4 is 0 Å². The van der Waals surface area contributed by atoms with Crippen molar-refractivity contribution in [3.05, 3.63) is 0 Å². The van der Waals surface area contributed by atoms with Crippen LogP contribution in [0, 0.1) is 29.1 Å². The van der Waals surface area contributed by atoms with Gasteiger partial charge < -0.3 is 4.74 Å². The third-order valence-electron chi connectivity index (χ3n) is 7.00. The summed E-state index contributed by atoms with van der Waals surface area (Å²) < 4.78 is 5.70. The van der Waals surface area contributed by atoms with Crippen molar-refractivity contribution in [1.29, 1.82) is 0 Å². The minimum Gasteiger partial charge on any atom is -0.349 e. The lowest BCUT2D eigenvalue weighted by Gasteiger charge is -2.63. The molecule has 2 atom stereocenters. The Morgan fingerprint density at radius 2 is 1.63 bits per heavy atom. The average Bonchev–Trinajstić information content (AvgIpc) is 2.75. The fourth-order valence-corrected chi connectivity index (χ4v) is 6.23. The summed E-state index contributed by atoms with van der Waals surface area (Å²) in [6.07, 6.45) is 9.23. The second-order valence-corrected chi connectivity index (χ2v) is 8.22. The summed E-state index contributed by atoms with van der Waals surface area (Å²) in [7, 11) is 0. The molecular formula is C16H24O3. The third-order valence-corrected chi connectivity index (χ3v) is 7.00. The molecule has 0 aromatic rings. The van der Waals surface area contributed by atoms with Crippen LogP contribution in [0.3, 0.4) is 0 Å². The predicted molar refractivity (Wildman–Crippen MR) is 69.0 cm³/mol.